The van der Waals surface area contributed by atoms with Gasteiger partial charge in [0.25, 0.3) is 0 Å². The van der Waals surface area contributed by atoms with Crippen LogP contribution in [0.25, 0.3) is 0 Å². The van der Waals surface area contributed by atoms with Crippen molar-refractivity contribution in [2.45, 2.75) is 46.1 Å². The lowest BCUT2D eigenvalue weighted by molar-refractivity contribution is 0.144. The van der Waals surface area contributed by atoms with Crippen molar-refractivity contribution in [2.24, 2.45) is 5.41 Å². The van der Waals surface area contributed by atoms with E-state index in [2.05, 4.69) is 57.3 Å². The summed E-state index contributed by atoms with van der Waals surface area (Å²) in [6, 6.07) is 8.92. The number of hydrogen-bond acceptors (Lipinski definition) is 2. The molecule has 0 aliphatic carbocycles. The van der Waals surface area contributed by atoms with Crippen molar-refractivity contribution < 1.29 is 4.74 Å². The van der Waals surface area contributed by atoms with Gasteiger partial charge in [-0.3, -0.25) is 0 Å². The first-order valence-electron chi connectivity index (χ1n) is 7.27. The maximum Gasteiger partial charge on any atom is 0.0538 e. The van der Waals surface area contributed by atoms with Gasteiger partial charge < -0.3 is 10.1 Å². The van der Waals surface area contributed by atoms with Crippen molar-refractivity contribution in [3.63, 3.8) is 0 Å². The Balaban J connectivity index is 2.05. The number of hydrogen-bond donors (Lipinski definition) is 1. The molecule has 2 rings (SSSR count). The average Bonchev–Trinajstić information content (AvgIpc) is 2.78. The Labute approximate surface area is 117 Å². The topological polar surface area (TPSA) is 21.3 Å². The van der Waals surface area contributed by atoms with Gasteiger partial charge >= 0.3 is 0 Å². The molecule has 2 heteroatoms. The summed E-state index contributed by atoms with van der Waals surface area (Å²) in [4.78, 5) is 0. The monoisotopic (exact) mass is 261 g/mol. The molecule has 1 atom stereocenters. The molecule has 1 saturated heterocycles. The van der Waals surface area contributed by atoms with Crippen LogP contribution in [0.1, 0.15) is 38.3 Å². The minimum atomic E-state index is 0.170. The van der Waals surface area contributed by atoms with E-state index in [1.54, 1.807) is 0 Å². The molecule has 1 heterocycles. The van der Waals surface area contributed by atoms with Gasteiger partial charge in [0, 0.05) is 24.1 Å². The molecule has 1 unspecified atom stereocenters. The van der Waals surface area contributed by atoms with Gasteiger partial charge in [-0.15, -0.1) is 0 Å². The predicted molar refractivity (Wildman–Crippen MR) is 80.5 cm³/mol. The van der Waals surface area contributed by atoms with Crippen LogP contribution in [0.15, 0.2) is 24.3 Å². The Kier molecular flexibility index (Phi) is 4.32. The predicted octanol–water partition coefficient (Wildman–Crippen LogP) is 3.33. The molecular formula is C17H27NO. The highest BCUT2D eigenvalue weighted by Gasteiger charge is 2.35. The number of benzene rings is 1. The van der Waals surface area contributed by atoms with E-state index in [1.807, 2.05) is 0 Å². The summed E-state index contributed by atoms with van der Waals surface area (Å²) in [6.45, 7) is 11.6. The van der Waals surface area contributed by atoms with Crippen molar-refractivity contribution in [3.05, 3.63) is 35.4 Å². The van der Waals surface area contributed by atoms with Gasteiger partial charge in [-0.2, -0.15) is 0 Å². The Hall–Kier alpha value is -0.860. The minimum absolute atomic E-state index is 0.170. The zero-order valence-electron chi connectivity index (χ0n) is 12.8. The van der Waals surface area contributed by atoms with Crippen LogP contribution in [-0.2, 0) is 11.2 Å². The van der Waals surface area contributed by atoms with Crippen LogP contribution in [-0.4, -0.2) is 25.3 Å². The van der Waals surface area contributed by atoms with E-state index >= 15 is 0 Å². The highest BCUT2D eigenvalue weighted by molar-refractivity contribution is 5.22. The quantitative estimate of drug-likeness (QED) is 0.897. The second kappa shape index (κ2) is 5.64. The van der Waals surface area contributed by atoms with Crippen LogP contribution in [0.2, 0.25) is 0 Å². The zero-order valence-corrected chi connectivity index (χ0v) is 12.8. The maximum absolute atomic E-state index is 5.68. The van der Waals surface area contributed by atoms with Gasteiger partial charge in [-0.25, -0.2) is 0 Å². The first-order chi connectivity index (χ1) is 8.89. The number of aryl methyl sites for hydroxylation is 1. The molecule has 2 nitrogen and oxygen atoms in total. The van der Waals surface area contributed by atoms with E-state index in [9.17, 15) is 0 Å². The summed E-state index contributed by atoms with van der Waals surface area (Å²) in [5.41, 5.74) is 3.19. The average molecular weight is 261 g/mol. The van der Waals surface area contributed by atoms with E-state index in [0.29, 0.717) is 0 Å². The summed E-state index contributed by atoms with van der Waals surface area (Å²) in [6.07, 6.45) is 2.26. The van der Waals surface area contributed by atoms with Gasteiger partial charge in [0.2, 0.25) is 0 Å². The SMILES string of the molecule is Cc1ccc(CC2(CNC(C)(C)C)CCOC2)cc1. The normalized spacial score (nSPS) is 23.8. The number of rotatable bonds is 4. The summed E-state index contributed by atoms with van der Waals surface area (Å²) < 4.78 is 5.68. The third-order valence-corrected chi connectivity index (χ3v) is 3.88. The number of nitrogens with one attached hydrogen (secondary N) is 1. The van der Waals surface area contributed by atoms with Crippen LogP contribution in [0.4, 0.5) is 0 Å². The van der Waals surface area contributed by atoms with Crippen molar-refractivity contribution in [1.82, 2.24) is 5.32 Å². The smallest absolute Gasteiger partial charge is 0.0538 e. The second-order valence-corrected chi connectivity index (χ2v) is 7.07. The fraction of sp³-hybridized carbons (Fsp3) is 0.647. The molecule has 1 aliphatic heterocycles. The molecule has 0 amide bonds. The minimum Gasteiger partial charge on any atom is -0.381 e. The van der Waals surface area contributed by atoms with Gasteiger partial charge in [0.05, 0.1) is 6.61 Å². The Bertz CT molecular complexity index is 396. The Morgan fingerprint density at radius 2 is 1.89 bits per heavy atom. The van der Waals surface area contributed by atoms with Gasteiger partial charge in [0.1, 0.15) is 0 Å². The van der Waals surface area contributed by atoms with Crippen molar-refractivity contribution in [3.8, 4) is 0 Å². The zero-order chi connectivity index (χ0) is 13.9. The van der Waals surface area contributed by atoms with Crippen LogP contribution >= 0.6 is 0 Å². The van der Waals surface area contributed by atoms with Crippen molar-refractivity contribution in [1.29, 1.82) is 0 Å². The lowest BCUT2D eigenvalue weighted by Crippen LogP contribution is -2.45. The molecule has 0 radical (unpaired) electrons. The van der Waals surface area contributed by atoms with Gasteiger partial charge in [0.15, 0.2) is 0 Å². The second-order valence-electron chi connectivity index (χ2n) is 7.07. The fourth-order valence-electron chi connectivity index (χ4n) is 2.58. The summed E-state index contributed by atoms with van der Waals surface area (Å²) in [5, 5.41) is 3.66. The lowest BCUT2D eigenvalue weighted by Gasteiger charge is -2.32. The van der Waals surface area contributed by atoms with Crippen LogP contribution in [0.3, 0.4) is 0 Å². The van der Waals surface area contributed by atoms with Gasteiger partial charge in [-0.1, -0.05) is 29.8 Å². The lowest BCUT2D eigenvalue weighted by atomic mass is 9.80. The third-order valence-electron chi connectivity index (χ3n) is 3.88. The molecule has 0 spiro atoms. The van der Waals surface area contributed by atoms with E-state index in [4.69, 9.17) is 4.74 Å². The number of ether oxygens (including phenoxy) is 1. The first-order valence-corrected chi connectivity index (χ1v) is 7.27. The fourth-order valence-corrected chi connectivity index (χ4v) is 2.58. The van der Waals surface area contributed by atoms with E-state index < -0.39 is 0 Å². The summed E-state index contributed by atoms with van der Waals surface area (Å²) in [7, 11) is 0. The molecule has 1 fully saturated rings. The molecule has 0 aromatic heterocycles. The molecule has 1 N–H and O–H groups in total. The van der Waals surface area contributed by atoms with E-state index in [-0.39, 0.29) is 11.0 Å². The van der Waals surface area contributed by atoms with E-state index in [0.717, 1.165) is 32.6 Å². The first kappa shape index (κ1) is 14.5. The van der Waals surface area contributed by atoms with Gasteiger partial charge in [-0.05, 0) is 46.1 Å². The molecule has 0 saturated carbocycles. The molecule has 1 aromatic rings. The summed E-state index contributed by atoms with van der Waals surface area (Å²) in [5.74, 6) is 0. The molecule has 1 aliphatic rings. The molecule has 106 valence electrons. The van der Waals surface area contributed by atoms with Crippen molar-refractivity contribution in [2.75, 3.05) is 19.8 Å². The van der Waals surface area contributed by atoms with Crippen molar-refractivity contribution >= 4 is 0 Å². The van der Waals surface area contributed by atoms with Crippen LogP contribution in [0.5, 0.6) is 0 Å². The Morgan fingerprint density at radius 1 is 1.21 bits per heavy atom. The summed E-state index contributed by atoms with van der Waals surface area (Å²) >= 11 is 0. The van der Waals surface area contributed by atoms with E-state index in [1.165, 1.54) is 11.1 Å². The molecule has 1 aromatic carbocycles. The molecular weight excluding hydrogens is 234 g/mol. The maximum atomic E-state index is 5.68. The molecule has 19 heavy (non-hydrogen) atoms. The highest BCUT2D eigenvalue weighted by atomic mass is 16.5. The van der Waals surface area contributed by atoms with Crippen LogP contribution in [0, 0.1) is 12.3 Å². The standard InChI is InChI=1S/C17H27NO/c1-14-5-7-15(8-6-14)11-17(9-10-19-13-17)12-18-16(2,3)4/h5-8,18H,9-13H2,1-4H3. The Morgan fingerprint density at radius 3 is 2.42 bits per heavy atom. The van der Waals surface area contributed by atoms with Crippen LogP contribution < -0.4 is 5.32 Å². The highest BCUT2D eigenvalue weighted by Crippen LogP contribution is 2.32. The largest absolute Gasteiger partial charge is 0.381 e. The molecule has 0 bridgehead atoms. The third kappa shape index (κ3) is 4.32.